The molecule has 22 heavy (non-hydrogen) atoms. The molecule has 128 valence electrons. The quantitative estimate of drug-likeness (QED) is 0.844. The Morgan fingerprint density at radius 1 is 1.00 bits per heavy atom. The van der Waals surface area contributed by atoms with Crippen molar-refractivity contribution in [2.45, 2.75) is 57.9 Å². The van der Waals surface area contributed by atoms with Gasteiger partial charge in [-0.05, 0) is 64.1 Å². The van der Waals surface area contributed by atoms with Crippen LogP contribution in [0.5, 0.6) is 0 Å². The average Bonchev–Trinajstić information content (AvgIpc) is 2.75. The van der Waals surface area contributed by atoms with Gasteiger partial charge in [-0.2, -0.15) is 0 Å². The minimum absolute atomic E-state index is 0. The molecule has 0 aromatic heterocycles. The van der Waals surface area contributed by atoms with E-state index in [4.69, 9.17) is 0 Å². The highest BCUT2D eigenvalue weighted by Crippen LogP contribution is 2.39. The number of rotatable bonds is 2. The molecule has 3 aliphatic rings. The van der Waals surface area contributed by atoms with Gasteiger partial charge in [-0.1, -0.05) is 12.8 Å². The van der Waals surface area contributed by atoms with Crippen molar-refractivity contribution in [3.05, 3.63) is 0 Å². The van der Waals surface area contributed by atoms with Gasteiger partial charge < -0.3 is 10.2 Å². The molecule has 0 bridgehead atoms. The van der Waals surface area contributed by atoms with Crippen LogP contribution in [0.1, 0.15) is 51.9 Å². The van der Waals surface area contributed by atoms with Crippen molar-refractivity contribution < 1.29 is 4.79 Å². The highest BCUT2D eigenvalue weighted by Gasteiger charge is 2.41. The van der Waals surface area contributed by atoms with E-state index in [9.17, 15) is 4.79 Å². The second kappa shape index (κ2) is 7.98. The number of halogens is 1. The van der Waals surface area contributed by atoms with Crippen LogP contribution in [0, 0.1) is 5.41 Å². The highest BCUT2D eigenvalue weighted by atomic mass is 35.5. The SMILES string of the molecule is CC(C(=O)N1CCCCCC1)N1CCC2(CCNCC2)C1.Cl. The molecule has 3 fully saturated rings. The number of amides is 1. The molecular formula is C17H32ClN3O. The van der Waals surface area contributed by atoms with Crippen LogP contribution in [0.3, 0.4) is 0 Å². The number of hydrogen-bond donors (Lipinski definition) is 1. The van der Waals surface area contributed by atoms with Crippen molar-refractivity contribution in [2.24, 2.45) is 5.41 Å². The van der Waals surface area contributed by atoms with Gasteiger partial charge in [-0.3, -0.25) is 9.69 Å². The van der Waals surface area contributed by atoms with E-state index in [0.717, 1.165) is 39.3 Å². The molecule has 0 aliphatic carbocycles. The van der Waals surface area contributed by atoms with Crippen LogP contribution in [0.4, 0.5) is 0 Å². The highest BCUT2D eigenvalue weighted by molar-refractivity contribution is 5.85. The van der Waals surface area contributed by atoms with Gasteiger partial charge in [0.05, 0.1) is 6.04 Å². The van der Waals surface area contributed by atoms with E-state index >= 15 is 0 Å². The summed E-state index contributed by atoms with van der Waals surface area (Å²) in [4.78, 5) is 17.4. The van der Waals surface area contributed by atoms with Gasteiger partial charge in [0.15, 0.2) is 0 Å². The predicted molar refractivity (Wildman–Crippen MR) is 92.5 cm³/mol. The van der Waals surface area contributed by atoms with Gasteiger partial charge in [-0.15, -0.1) is 12.4 Å². The standard InChI is InChI=1S/C17H31N3O.ClH/c1-15(16(21)19-11-4-2-3-5-12-19)20-13-8-17(14-20)6-9-18-10-7-17;/h15,18H,2-14H2,1H3;1H. The Morgan fingerprint density at radius 3 is 2.27 bits per heavy atom. The predicted octanol–water partition coefficient (Wildman–Crippen LogP) is 2.27. The Kier molecular flexibility index (Phi) is 6.54. The first-order chi connectivity index (χ1) is 10.2. The molecule has 5 heteroatoms. The fraction of sp³-hybridized carbons (Fsp3) is 0.941. The van der Waals surface area contributed by atoms with E-state index in [1.165, 1.54) is 44.9 Å². The second-order valence-electron chi connectivity index (χ2n) is 7.39. The minimum atomic E-state index is 0. The maximum Gasteiger partial charge on any atom is 0.239 e. The van der Waals surface area contributed by atoms with Crippen molar-refractivity contribution in [3.8, 4) is 0 Å². The third-order valence-corrected chi connectivity index (χ3v) is 5.95. The third kappa shape index (κ3) is 3.95. The van der Waals surface area contributed by atoms with E-state index in [-0.39, 0.29) is 18.4 Å². The van der Waals surface area contributed by atoms with Crippen molar-refractivity contribution >= 4 is 18.3 Å². The molecule has 0 aromatic rings. The summed E-state index contributed by atoms with van der Waals surface area (Å²) in [5, 5.41) is 3.47. The van der Waals surface area contributed by atoms with Crippen molar-refractivity contribution in [1.82, 2.24) is 15.1 Å². The fourth-order valence-electron chi connectivity index (χ4n) is 4.38. The number of likely N-dealkylation sites (tertiary alicyclic amines) is 2. The van der Waals surface area contributed by atoms with Crippen LogP contribution < -0.4 is 5.32 Å². The molecule has 3 heterocycles. The van der Waals surface area contributed by atoms with E-state index in [2.05, 4.69) is 22.0 Å². The molecule has 3 rings (SSSR count). The zero-order valence-electron chi connectivity index (χ0n) is 14.0. The Morgan fingerprint density at radius 2 is 1.64 bits per heavy atom. The maximum atomic E-state index is 12.8. The topological polar surface area (TPSA) is 35.6 Å². The monoisotopic (exact) mass is 329 g/mol. The van der Waals surface area contributed by atoms with Gasteiger partial charge in [0.25, 0.3) is 0 Å². The summed E-state index contributed by atoms with van der Waals surface area (Å²) >= 11 is 0. The van der Waals surface area contributed by atoms with Crippen LogP contribution in [-0.4, -0.2) is 61.0 Å². The first-order valence-corrected chi connectivity index (χ1v) is 8.94. The molecule has 0 aromatic carbocycles. The molecule has 0 radical (unpaired) electrons. The molecule has 3 saturated heterocycles. The lowest BCUT2D eigenvalue weighted by atomic mass is 9.78. The first-order valence-electron chi connectivity index (χ1n) is 8.94. The smallest absolute Gasteiger partial charge is 0.239 e. The molecule has 1 amide bonds. The molecule has 1 unspecified atom stereocenters. The van der Waals surface area contributed by atoms with Crippen molar-refractivity contribution in [1.29, 1.82) is 0 Å². The van der Waals surface area contributed by atoms with Crippen LogP contribution >= 0.6 is 12.4 Å². The van der Waals surface area contributed by atoms with Crippen LogP contribution in [0.25, 0.3) is 0 Å². The van der Waals surface area contributed by atoms with E-state index in [1.807, 2.05) is 0 Å². The summed E-state index contributed by atoms with van der Waals surface area (Å²) < 4.78 is 0. The number of piperidine rings is 1. The van der Waals surface area contributed by atoms with Crippen LogP contribution in [0.2, 0.25) is 0 Å². The number of carbonyl (C=O) groups is 1. The molecule has 1 atom stereocenters. The summed E-state index contributed by atoms with van der Waals surface area (Å²) in [6.45, 7) is 8.65. The largest absolute Gasteiger partial charge is 0.341 e. The van der Waals surface area contributed by atoms with E-state index in [1.54, 1.807) is 0 Å². The molecule has 4 nitrogen and oxygen atoms in total. The molecule has 3 aliphatic heterocycles. The first kappa shape index (κ1) is 18.0. The summed E-state index contributed by atoms with van der Waals surface area (Å²) in [6, 6.07) is 0.0809. The van der Waals surface area contributed by atoms with Crippen molar-refractivity contribution in [2.75, 3.05) is 39.3 Å². The van der Waals surface area contributed by atoms with E-state index < -0.39 is 0 Å². The summed E-state index contributed by atoms with van der Waals surface area (Å²) in [6.07, 6.45) is 8.81. The lowest BCUT2D eigenvalue weighted by Crippen LogP contribution is -2.48. The number of hydrogen-bond acceptors (Lipinski definition) is 3. The summed E-state index contributed by atoms with van der Waals surface area (Å²) in [7, 11) is 0. The zero-order chi connectivity index (χ0) is 14.7. The van der Waals surface area contributed by atoms with Crippen LogP contribution in [-0.2, 0) is 4.79 Å². The normalized spacial score (nSPS) is 27.2. The van der Waals surface area contributed by atoms with Crippen LogP contribution in [0.15, 0.2) is 0 Å². The van der Waals surface area contributed by atoms with Gasteiger partial charge in [0, 0.05) is 19.6 Å². The Balaban J connectivity index is 0.00000176. The molecule has 1 spiro atoms. The summed E-state index contributed by atoms with van der Waals surface area (Å²) in [5.41, 5.74) is 0.499. The average molecular weight is 330 g/mol. The molecule has 1 N–H and O–H groups in total. The maximum absolute atomic E-state index is 12.8. The van der Waals surface area contributed by atoms with Gasteiger partial charge >= 0.3 is 0 Å². The summed E-state index contributed by atoms with van der Waals surface area (Å²) in [5.74, 6) is 0.378. The number of carbonyl (C=O) groups excluding carboxylic acids is 1. The van der Waals surface area contributed by atoms with Gasteiger partial charge in [-0.25, -0.2) is 0 Å². The van der Waals surface area contributed by atoms with Gasteiger partial charge in [0.2, 0.25) is 5.91 Å². The molecule has 0 saturated carbocycles. The minimum Gasteiger partial charge on any atom is -0.341 e. The second-order valence-corrected chi connectivity index (χ2v) is 7.39. The lowest BCUT2D eigenvalue weighted by molar-refractivity contribution is -0.136. The number of nitrogens with one attached hydrogen (secondary N) is 1. The number of nitrogens with zero attached hydrogens (tertiary/aromatic N) is 2. The Hall–Kier alpha value is -0.320. The lowest BCUT2D eigenvalue weighted by Gasteiger charge is -2.35. The van der Waals surface area contributed by atoms with Gasteiger partial charge in [0.1, 0.15) is 0 Å². The molecular weight excluding hydrogens is 298 g/mol. The Bertz CT molecular complexity index is 363. The fourth-order valence-corrected chi connectivity index (χ4v) is 4.38. The van der Waals surface area contributed by atoms with E-state index in [0.29, 0.717) is 11.3 Å². The third-order valence-electron chi connectivity index (χ3n) is 5.95. The zero-order valence-corrected chi connectivity index (χ0v) is 14.8. The Labute approximate surface area is 141 Å². The van der Waals surface area contributed by atoms with Crippen molar-refractivity contribution in [3.63, 3.8) is 0 Å².